The average molecular weight is 311 g/mol. The first kappa shape index (κ1) is 16.3. The molecule has 1 aliphatic heterocycles. The van der Waals surface area contributed by atoms with Gasteiger partial charge in [-0.3, -0.25) is 0 Å². The molecule has 2 aromatic carbocycles. The SMILES string of the molecule is C[C@H](COc1cccc2ccccc12)CN1C[C@@H](C)C[C@H](C)C1. The number of likely N-dealkylation sites (tertiary alicyclic amines) is 1. The summed E-state index contributed by atoms with van der Waals surface area (Å²) in [6, 6.07) is 14.7. The van der Waals surface area contributed by atoms with Crippen molar-refractivity contribution in [3.8, 4) is 5.75 Å². The zero-order chi connectivity index (χ0) is 16.2. The first-order valence-corrected chi connectivity index (χ1v) is 8.94. The second kappa shape index (κ2) is 7.35. The van der Waals surface area contributed by atoms with Gasteiger partial charge in [0.2, 0.25) is 0 Å². The molecule has 0 spiro atoms. The molecule has 2 nitrogen and oxygen atoms in total. The smallest absolute Gasteiger partial charge is 0.127 e. The van der Waals surface area contributed by atoms with Gasteiger partial charge in [0.25, 0.3) is 0 Å². The quantitative estimate of drug-likeness (QED) is 0.784. The van der Waals surface area contributed by atoms with E-state index in [1.165, 1.54) is 30.3 Å². The van der Waals surface area contributed by atoms with Gasteiger partial charge in [-0.05, 0) is 29.7 Å². The third-order valence-corrected chi connectivity index (χ3v) is 4.79. The minimum Gasteiger partial charge on any atom is -0.493 e. The van der Waals surface area contributed by atoms with Crippen molar-refractivity contribution in [2.75, 3.05) is 26.2 Å². The first-order chi connectivity index (χ1) is 11.1. The predicted octanol–water partition coefficient (Wildman–Crippen LogP) is 4.83. The van der Waals surface area contributed by atoms with Crippen LogP contribution in [0.4, 0.5) is 0 Å². The van der Waals surface area contributed by atoms with E-state index in [2.05, 4.69) is 68.1 Å². The lowest BCUT2D eigenvalue weighted by Gasteiger charge is -2.36. The average Bonchev–Trinajstić information content (AvgIpc) is 2.52. The van der Waals surface area contributed by atoms with Crippen LogP contribution >= 0.6 is 0 Å². The van der Waals surface area contributed by atoms with E-state index >= 15 is 0 Å². The Kier molecular flexibility index (Phi) is 5.22. The largest absolute Gasteiger partial charge is 0.493 e. The van der Waals surface area contributed by atoms with Crippen LogP contribution in [0.2, 0.25) is 0 Å². The van der Waals surface area contributed by atoms with Crippen LogP contribution in [0.15, 0.2) is 42.5 Å². The van der Waals surface area contributed by atoms with Gasteiger partial charge in [-0.2, -0.15) is 0 Å². The van der Waals surface area contributed by atoms with Gasteiger partial charge in [0.15, 0.2) is 0 Å². The van der Waals surface area contributed by atoms with Crippen LogP contribution in [-0.4, -0.2) is 31.1 Å². The zero-order valence-electron chi connectivity index (χ0n) is 14.7. The lowest BCUT2D eigenvalue weighted by atomic mass is 9.91. The summed E-state index contributed by atoms with van der Waals surface area (Å²) in [5.41, 5.74) is 0. The number of rotatable bonds is 5. The van der Waals surface area contributed by atoms with Gasteiger partial charge >= 0.3 is 0 Å². The van der Waals surface area contributed by atoms with E-state index in [-0.39, 0.29) is 0 Å². The molecule has 0 radical (unpaired) electrons. The van der Waals surface area contributed by atoms with Crippen molar-refractivity contribution < 1.29 is 4.74 Å². The van der Waals surface area contributed by atoms with Crippen molar-refractivity contribution >= 4 is 10.8 Å². The van der Waals surface area contributed by atoms with E-state index in [0.29, 0.717) is 5.92 Å². The van der Waals surface area contributed by atoms with Crippen LogP contribution in [0.5, 0.6) is 5.75 Å². The van der Waals surface area contributed by atoms with Crippen molar-refractivity contribution in [3.63, 3.8) is 0 Å². The molecule has 0 N–H and O–H groups in total. The Bertz CT molecular complexity index is 623. The highest BCUT2D eigenvalue weighted by Crippen LogP contribution is 2.26. The molecule has 2 aromatic rings. The molecule has 2 heteroatoms. The van der Waals surface area contributed by atoms with Gasteiger partial charge in [-0.1, -0.05) is 57.2 Å². The standard InChI is InChI=1S/C21H29NO/c1-16-11-17(2)13-22(12-16)14-18(3)15-23-21-10-6-8-19-7-4-5-9-20(19)21/h4-10,16-18H,11-15H2,1-3H3/t16-,17-,18-/m0/s1. The topological polar surface area (TPSA) is 12.5 Å². The number of hydrogen-bond donors (Lipinski definition) is 0. The van der Waals surface area contributed by atoms with Crippen molar-refractivity contribution in [1.29, 1.82) is 0 Å². The van der Waals surface area contributed by atoms with Crippen molar-refractivity contribution in [1.82, 2.24) is 4.90 Å². The van der Waals surface area contributed by atoms with Gasteiger partial charge in [-0.25, -0.2) is 0 Å². The molecule has 1 heterocycles. The van der Waals surface area contributed by atoms with E-state index in [0.717, 1.165) is 30.7 Å². The summed E-state index contributed by atoms with van der Waals surface area (Å²) in [6.45, 7) is 11.5. The minimum absolute atomic E-state index is 0.548. The lowest BCUT2D eigenvalue weighted by molar-refractivity contribution is 0.110. The van der Waals surface area contributed by atoms with E-state index in [4.69, 9.17) is 4.74 Å². The van der Waals surface area contributed by atoms with E-state index in [1.807, 2.05) is 0 Å². The fourth-order valence-electron chi connectivity index (χ4n) is 3.99. The highest BCUT2D eigenvalue weighted by molar-refractivity contribution is 5.88. The van der Waals surface area contributed by atoms with Crippen LogP contribution in [0.3, 0.4) is 0 Å². The highest BCUT2D eigenvalue weighted by atomic mass is 16.5. The molecule has 0 bridgehead atoms. The predicted molar refractivity (Wildman–Crippen MR) is 98.0 cm³/mol. The number of benzene rings is 2. The lowest BCUT2D eigenvalue weighted by Crippen LogP contribution is -2.41. The van der Waals surface area contributed by atoms with Gasteiger partial charge < -0.3 is 9.64 Å². The molecule has 1 aliphatic rings. The number of piperidine rings is 1. The summed E-state index contributed by atoms with van der Waals surface area (Å²) in [5.74, 6) is 3.21. The maximum atomic E-state index is 6.15. The second-order valence-electron chi connectivity index (χ2n) is 7.56. The van der Waals surface area contributed by atoms with Gasteiger partial charge in [0.1, 0.15) is 5.75 Å². The Morgan fingerprint density at radius 1 is 1.04 bits per heavy atom. The van der Waals surface area contributed by atoms with Crippen molar-refractivity contribution in [2.45, 2.75) is 27.2 Å². The second-order valence-corrected chi connectivity index (χ2v) is 7.56. The molecule has 0 aliphatic carbocycles. The van der Waals surface area contributed by atoms with E-state index in [1.54, 1.807) is 0 Å². The zero-order valence-corrected chi connectivity index (χ0v) is 14.7. The van der Waals surface area contributed by atoms with Crippen LogP contribution in [-0.2, 0) is 0 Å². The maximum absolute atomic E-state index is 6.15. The third kappa shape index (κ3) is 4.26. The number of nitrogens with zero attached hydrogens (tertiary/aromatic N) is 1. The third-order valence-electron chi connectivity index (χ3n) is 4.79. The molecule has 1 fully saturated rings. The molecular weight excluding hydrogens is 282 g/mol. The van der Waals surface area contributed by atoms with Gasteiger partial charge in [-0.15, -0.1) is 0 Å². The normalized spacial score (nSPS) is 23.8. The van der Waals surface area contributed by atoms with Gasteiger partial charge in [0.05, 0.1) is 6.61 Å². The van der Waals surface area contributed by atoms with Crippen LogP contribution in [0.1, 0.15) is 27.2 Å². The summed E-state index contributed by atoms with van der Waals surface area (Å²) in [7, 11) is 0. The summed E-state index contributed by atoms with van der Waals surface area (Å²) in [4.78, 5) is 2.62. The molecule has 23 heavy (non-hydrogen) atoms. The van der Waals surface area contributed by atoms with Crippen LogP contribution < -0.4 is 4.74 Å². The Morgan fingerprint density at radius 3 is 2.52 bits per heavy atom. The minimum atomic E-state index is 0.548. The van der Waals surface area contributed by atoms with Crippen LogP contribution in [0, 0.1) is 17.8 Å². The van der Waals surface area contributed by atoms with E-state index in [9.17, 15) is 0 Å². The monoisotopic (exact) mass is 311 g/mol. The van der Waals surface area contributed by atoms with Crippen molar-refractivity contribution in [2.24, 2.45) is 17.8 Å². The highest BCUT2D eigenvalue weighted by Gasteiger charge is 2.22. The molecule has 1 saturated heterocycles. The summed E-state index contributed by atoms with van der Waals surface area (Å²) < 4.78 is 6.15. The molecule has 0 unspecified atom stereocenters. The molecule has 0 amide bonds. The summed E-state index contributed by atoms with van der Waals surface area (Å²) in [5, 5.41) is 2.46. The number of fused-ring (bicyclic) bond motifs is 1. The molecule has 3 rings (SSSR count). The Balaban J connectivity index is 1.57. The summed E-state index contributed by atoms with van der Waals surface area (Å²) in [6.07, 6.45) is 1.37. The number of ether oxygens (including phenoxy) is 1. The fourth-order valence-corrected chi connectivity index (χ4v) is 3.99. The Hall–Kier alpha value is -1.54. The molecule has 3 atom stereocenters. The molecule has 0 aromatic heterocycles. The van der Waals surface area contributed by atoms with Crippen LogP contribution in [0.25, 0.3) is 10.8 Å². The maximum Gasteiger partial charge on any atom is 0.127 e. The molecule has 124 valence electrons. The first-order valence-electron chi connectivity index (χ1n) is 8.94. The Labute approximate surface area is 140 Å². The van der Waals surface area contributed by atoms with Crippen molar-refractivity contribution in [3.05, 3.63) is 42.5 Å². The number of hydrogen-bond acceptors (Lipinski definition) is 2. The fraction of sp³-hybridized carbons (Fsp3) is 0.524. The molecule has 0 saturated carbocycles. The molecular formula is C21H29NO. The summed E-state index contributed by atoms with van der Waals surface area (Å²) >= 11 is 0. The Morgan fingerprint density at radius 2 is 1.74 bits per heavy atom. The van der Waals surface area contributed by atoms with E-state index < -0.39 is 0 Å². The van der Waals surface area contributed by atoms with Gasteiger partial charge in [0, 0.05) is 30.9 Å².